The summed E-state index contributed by atoms with van der Waals surface area (Å²) in [5.74, 6) is -0.835. The number of allylic oxidation sites excluding steroid dienone is 2. The van der Waals surface area contributed by atoms with Gasteiger partial charge in [0.05, 0.1) is 0 Å². The van der Waals surface area contributed by atoms with Crippen LogP contribution in [0.2, 0.25) is 0 Å². The summed E-state index contributed by atoms with van der Waals surface area (Å²) in [5.41, 5.74) is 0. The van der Waals surface area contributed by atoms with Crippen LogP contribution in [-0.2, 0) is 28.6 Å². The zero-order valence-corrected chi connectivity index (χ0v) is 53.2. The number of hydrogen-bond acceptors (Lipinski definition) is 6. The smallest absolute Gasteiger partial charge is 0.306 e. The molecule has 6 nitrogen and oxygen atoms in total. The van der Waals surface area contributed by atoms with Gasteiger partial charge in [0, 0.05) is 19.3 Å². The van der Waals surface area contributed by atoms with Crippen LogP contribution in [0.1, 0.15) is 412 Å². The zero-order valence-electron chi connectivity index (χ0n) is 53.2. The van der Waals surface area contributed by atoms with Crippen LogP contribution in [-0.4, -0.2) is 37.2 Å². The molecule has 1 atom stereocenters. The first-order valence-corrected chi connectivity index (χ1v) is 35.7. The topological polar surface area (TPSA) is 78.9 Å². The van der Waals surface area contributed by atoms with E-state index in [9.17, 15) is 14.4 Å². The molecule has 0 heterocycles. The summed E-state index contributed by atoms with van der Waals surface area (Å²) in [6, 6.07) is 0. The Kier molecular flexibility index (Phi) is 66.0. The van der Waals surface area contributed by atoms with E-state index in [1.807, 2.05) is 0 Å². The third-order valence-corrected chi connectivity index (χ3v) is 16.5. The lowest BCUT2D eigenvalue weighted by Crippen LogP contribution is -2.30. The van der Waals surface area contributed by atoms with Gasteiger partial charge in [-0.1, -0.05) is 360 Å². The van der Waals surface area contributed by atoms with E-state index in [4.69, 9.17) is 14.2 Å². The molecule has 0 fully saturated rings. The van der Waals surface area contributed by atoms with Gasteiger partial charge >= 0.3 is 17.9 Å². The Bertz CT molecular complexity index is 1210. The summed E-state index contributed by atoms with van der Waals surface area (Å²) in [6.07, 6.45) is 81.1. The molecule has 0 N–H and O–H groups in total. The average Bonchev–Trinajstić information content (AvgIpc) is 3.44. The number of ether oxygens (including phenoxy) is 3. The molecular weight excluding hydrogens is 961 g/mol. The molecule has 0 aromatic heterocycles. The second-order valence-electron chi connectivity index (χ2n) is 24.5. The highest BCUT2D eigenvalue weighted by Crippen LogP contribution is 2.19. The first kappa shape index (κ1) is 76.1. The van der Waals surface area contributed by atoms with E-state index in [0.29, 0.717) is 19.3 Å². The van der Waals surface area contributed by atoms with Gasteiger partial charge in [-0.05, 0) is 44.9 Å². The summed E-state index contributed by atoms with van der Waals surface area (Å²) in [7, 11) is 0. The number of carbonyl (C=O) groups excluding carboxylic acids is 3. The number of unbranched alkanes of at least 4 members (excludes halogenated alkanes) is 54. The average molecular weight is 1100 g/mol. The molecule has 0 saturated heterocycles. The molecule has 0 bridgehead atoms. The zero-order chi connectivity index (χ0) is 56.4. The maximum atomic E-state index is 12.9. The van der Waals surface area contributed by atoms with Gasteiger partial charge in [0.1, 0.15) is 13.2 Å². The molecule has 0 aromatic carbocycles. The summed E-state index contributed by atoms with van der Waals surface area (Å²) in [6.45, 7) is 6.72. The van der Waals surface area contributed by atoms with Crippen LogP contribution in [0, 0.1) is 0 Å². The van der Waals surface area contributed by atoms with E-state index in [2.05, 4.69) is 32.9 Å². The van der Waals surface area contributed by atoms with Gasteiger partial charge in [-0.3, -0.25) is 14.4 Å². The van der Waals surface area contributed by atoms with Gasteiger partial charge < -0.3 is 14.2 Å². The SMILES string of the molecule is CCCCCCCCC/C=C\CCCCCCCCCC(=O)OC(COC(=O)CCCCCCCCCCCCCCC)COC(=O)CCCCCCCCCCCCCCCCCCCCCCCCCCCCCCC. The van der Waals surface area contributed by atoms with Crippen molar-refractivity contribution in [3.63, 3.8) is 0 Å². The molecule has 0 aliphatic carbocycles. The summed E-state index contributed by atoms with van der Waals surface area (Å²) in [4.78, 5) is 38.4. The van der Waals surface area contributed by atoms with Crippen LogP contribution in [0.3, 0.4) is 0 Å². The minimum Gasteiger partial charge on any atom is -0.462 e. The second-order valence-corrected chi connectivity index (χ2v) is 24.5. The highest BCUT2D eigenvalue weighted by Gasteiger charge is 2.19. The normalized spacial score (nSPS) is 12.0. The Morgan fingerprint density at radius 3 is 0.641 bits per heavy atom. The number of hydrogen-bond donors (Lipinski definition) is 0. The van der Waals surface area contributed by atoms with E-state index >= 15 is 0 Å². The first-order valence-electron chi connectivity index (χ1n) is 35.7. The fourth-order valence-corrected chi connectivity index (χ4v) is 11.2. The number of esters is 3. The van der Waals surface area contributed by atoms with Crippen LogP contribution in [0.25, 0.3) is 0 Å². The van der Waals surface area contributed by atoms with Crippen LogP contribution in [0.4, 0.5) is 0 Å². The van der Waals surface area contributed by atoms with Crippen molar-refractivity contribution in [1.29, 1.82) is 0 Å². The maximum Gasteiger partial charge on any atom is 0.306 e. The lowest BCUT2D eigenvalue weighted by Gasteiger charge is -2.18. The van der Waals surface area contributed by atoms with Crippen molar-refractivity contribution in [2.45, 2.75) is 419 Å². The number of carbonyl (C=O) groups is 3. The second kappa shape index (κ2) is 67.7. The number of rotatable bonds is 67. The van der Waals surface area contributed by atoms with Gasteiger partial charge in [-0.2, -0.15) is 0 Å². The molecule has 0 aliphatic heterocycles. The predicted molar refractivity (Wildman–Crippen MR) is 340 cm³/mol. The van der Waals surface area contributed by atoms with Crippen molar-refractivity contribution in [2.24, 2.45) is 0 Å². The molecule has 0 saturated carbocycles. The Morgan fingerprint density at radius 1 is 0.244 bits per heavy atom. The van der Waals surface area contributed by atoms with Gasteiger partial charge in [0.2, 0.25) is 0 Å². The summed E-state index contributed by atoms with van der Waals surface area (Å²) >= 11 is 0. The molecule has 0 radical (unpaired) electrons. The van der Waals surface area contributed by atoms with Crippen LogP contribution >= 0.6 is 0 Å². The van der Waals surface area contributed by atoms with Crippen LogP contribution in [0.5, 0.6) is 0 Å². The van der Waals surface area contributed by atoms with E-state index < -0.39 is 6.10 Å². The van der Waals surface area contributed by atoms with Crippen molar-refractivity contribution in [1.82, 2.24) is 0 Å². The monoisotopic (exact) mass is 1100 g/mol. The summed E-state index contributed by atoms with van der Waals surface area (Å²) < 4.78 is 17.0. The van der Waals surface area contributed by atoms with Crippen LogP contribution in [0.15, 0.2) is 12.2 Å². The highest BCUT2D eigenvalue weighted by atomic mass is 16.6. The largest absolute Gasteiger partial charge is 0.462 e. The summed E-state index contributed by atoms with van der Waals surface area (Å²) in [5, 5.41) is 0. The molecular formula is C72H138O6. The van der Waals surface area contributed by atoms with Gasteiger partial charge in [0.15, 0.2) is 6.10 Å². The quantitative estimate of drug-likeness (QED) is 0.0261. The molecule has 0 rings (SSSR count). The fraction of sp³-hybridized carbons (Fsp3) is 0.931. The van der Waals surface area contributed by atoms with Gasteiger partial charge in [-0.15, -0.1) is 0 Å². The van der Waals surface area contributed by atoms with Crippen molar-refractivity contribution in [2.75, 3.05) is 13.2 Å². The minimum atomic E-state index is -0.768. The minimum absolute atomic E-state index is 0.0650. The third-order valence-electron chi connectivity index (χ3n) is 16.5. The van der Waals surface area contributed by atoms with Crippen molar-refractivity contribution >= 4 is 17.9 Å². The van der Waals surface area contributed by atoms with E-state index in [1.54, 1.807) is 0 Å². The predicted octanol–water partition coefficient (Wildman–Crippen LogP) is 24.4. The Balaban J connectivity index is 4.15. The standard InChI is InChI=1S/C72H138O6/c1-4-7-10-13-16-19-22-25-27-29-31-32-33-34-35-36-37-38-39-40-41-43-44-47-50-53-56-59-62-65-71(74)77-68-69(67-76-70(73)64-61-58-55-52-49-46-24-21-18-15-12-9-6-3)78-72(75)66-63-60-57-54-51-48-45-42-30-28-26-23-20-17-14-11-8-5-2/h28,30,69H,4-27,29,31-68H2,1-3H3/b30-28-. The molecule has 0 aromatic rings. The first-order chi connectivity index (χ1) is 38.5. The molecule has 462 valence electrons. The molecule has 0 spiro atoms. The molecule has 0 aliphatic rings. The van der Waals surface area contributed by atoms with Crippen molar-refractivity contribution in [3.05, 3.63) is 12.2 Å². The van der Waals surface area contributed by atoms with Gasteiger partial charge in [-0.25, -0.2) is 0 Å². The molecule has 6 heteroatoms. The highest BCUT2D eigenvalue weighted by molar-refractivity contribution is 5.71. The fourth-order valence-electron chi connectivity index (χ4n) is 11.2. The maximum absolute atomic E-state index is 12.9. The molecule has 78 heavy (non-hydrogen) atoms. The Morgan fingerprint density at radius 2 is 0.423 bits per heavy atom. The molecule has 0 amide bonds. The van der Waals surface area contributed by atoms with E-state index in [1.165, 1.54) is 315 Å². The van der Waals surface area contributed by atoms with Crippen LogP contribution < -0.4 is 0 Å². The lowest BCUT2D eigenvalue weighted by atomic mass is 10.0. The van der Waals surface area contributed by atoms with Crippen molar-refractivity contribution in [3.8, 4) is 0 Å². The van der Waals surface area contributed by atoms with E-state index in [0.717, 1.165) is 57.8 Å². The Labute approximate surface area is 488 Å². The Hall–Kier alpha value is -1.85. The van der Waals surface area contributed by atoms with E-state index in [-0.39, 0.29) is 31.1 Å². The van der Waals surface area contributed by atoms with Gasteiger partial charge in [0.25, 0.3) is 0 Å². The lowest BCUT2D eigenvalue weighted by molar-refractivity contribution is -0.167. The molecule has 1 unspecified atom stereocenters. The van der Waals surface area contributed by atoms with Crippen molar-refractivity contribution < 1.29 is 28.6 Å². The third kappa shape index (κ3) is 65.0.